The monoisotopic (exact) mass is 354 g/mol. The maximum absolute atomic E-state index is 12.3. The fourth-order valence-corrected chi connectivity index (χ4v) is 2.48. The van der Waals surface area contributed by atoms with E-state index in [2.05, 4.69) is 5.32 Å². The van der Waals surface area contributed by atoms with Crippen LogP contribution >= 0.6 is 0 Å². The molecule has 0 saturated heterocycles. The summed E-state index contributed by atoms with van der Waals surface area (Å²) in [5, 5.41) is 2.72. The molecule has 0 fully saturated rings. The van der Waals surface area contributed by atoms with Crippen LogP contribution in [0.4, 0.5) is 11.4 Å². The van der Waals surface area contributed by atoms with Gasteiger partial charge in [0.25, 0.3) is 0 Å². The largest absolute Gasteiger partial charge is 0.462 e. The summed E-state index contributed by atoms with van der Waals surface area (Å²) in [4.78, 5) is 37.7. The fourth-order valence-electron chi connectivity index (χ4n) is 2.48. The molecule has 0 atom stereocenters. The smallest absolute Gasteiger partial charge is 0.340 e. The van der Waals surface area contributed by atoms with Gasteiger partial charge in [-0.3, -0.25) is 9.59 Å². The van der Waals surface area contributed by atoms with Crippen LogP contribution in [-0.2, 0) is 14.3 Å². The van der Waals surface area contributed by atoms with Crippen LogP contribution < -0.4 is 10.2 Å². The molecule has 2 amide bonds. The van der Waals surface area contributed by atoms with Crippen LogP contribution in [0, 0.1) is 0 Å². The molecular formula is C20H22N2O4. The van der Waals surface area contributed by atoms with Gasteiger partial charge in [0.2, 0.25) is 11.8 Å². The lowest BCUT2D eigenvalue weighted by molar-refractivity contribution is -0.117. The summed E-state index contributed by atoms with van der Waals surface area (Å²) in [5.74, 6) is -0.919. The van der Waals surface area contributed by atoms with Crippen molar-refractivity contribution in [2.45, 2.75) is 20.3 Å². The maximum atomic E-state index is 12.3. The highest BCUT2D eigenvalue weighted by atomic mass is 16.5. The number of rotatable bonds is 7. The van der Waals surface area contributed by atoms with Gasteiger partial charge in [-0.15, -0.1) is 0 Å². The third-order valence-corrected chi connectivity index (χ3v) is 3.71. The van der Waals surface area contributed by atoms with Gasteiger partial charge in [-0.05, 0) is 31.2 Å². The normalized spacial score (nSPS) is 10.1. The molecule has 6 heteroatoms. The molecule has 6 nitrogen and oxygen atoms in total. The van der Waals surface area contributed by atoms with Crippen molar-refractivity contribution in [3.05, 3.63) is 60.2 Å². The summed E-state index contributed by atoms with van der Waals surface area (Å²) in [5.41, 5.74) is 1.43. The number of ether oxygens (including phenoxy) is 1. The second-order valence-electron chi connectivity index (χ2n) is 5.57. The van der Waals surface area contributed by atoms with E-state index >= 15 is 0 Å². The van der Waals surface area contributed by atoms with E-state index in [9.17, 15) is 14.4 Å². The van der Waals surface area contributed by atoms with Crippen molar-refractivity contribution >= 4 is 29.2 Å². The highest BCUT2D eigenvalue weighted by Gasteiger charge is 2.16. The van der Waals surface area contributed by atoms with Crippen molar-refractivity contribution in [1.29, 1.82) is 0 Å². The van der Waals surface area contributed by atoms with Crippen molar-refractivity contribution in [2.75, 3.05) is 23.4 Å². The number of hydrogen-bond acceptors (Lipinski definition) is 4. The molecule has 2 rings (SSSR count). The predicted molar refractivity (Wildman–Crippen MR) is 100 cm³/mol. The summed E-state index contributed by atoms with van der Waals surface area (Å²) < 4.78 is 4.99. The van der Waals surface area contributed by atoms with E-state index in [-0.39, 0.29) is 31.4 Å². The Morgan fingerprint density at radius 1 is 1.00 bits per heavy atom. The number of nitrogens with one attached hydrogen (secondary N) is 1. The van der Waals surface area contributed by atoms with Crippen molar-refractivity contribution in [3.8, 4) is 0 Å². The zero-order valence-corrected chi connectivity index (χ0v) is 14.9. The van der Waals surface area contributed by atoms with Gasteiger partial charge in [0, 0.05) is 25.6 Å². The first-order chi connectivity index (χ1) is 12.5. The molecule has 0 aliphatic rings. The van der Waals surface area contributed by atoms with Crippen molar-refractivity contribution < 1.29 is 19.1 Å². The average Bonchev–Trinajstić information content (AvgIpc) is 2.63. The molecular weight excluding hydrogens is 332 g/mol. The third-order valence-electron chi connectivity index (χ3n) is 3.71. The number of carbonyl (C=O) groups excluding carboxylic acids is 3. The minimum Gasteiger partial charge on any atom is -0.462 e. The highest BCUT2D eigenvalue weighted by Crippen LogP contribution is 2.17. The zero-order valence-electron chi connectivity index (χ0n) is 14.9. The van der Waals surface area contributed by atoms with Gasteiger partial charge in [0.1, 0.15) is 0 Å². The molecule has 0 radical (unpaired) electrons. The van der Waals surface area contributed by atoms with Crippen LogP contribution in [0.2, 0.25) is 0 Å². The number of amides is 2. The van der Waals surface area contributed by atoms with Gasteiger partial charge in [-0.1, -0.05) is 30.3 Å². The molecule has 26 heavy (non-hydrogen) atoms. The van der Waals surface area contributed by atoms with Gasteiger partial charge in [-0.25, -0.2) is 4.79 Å². The van der Waals surface area contributed by atoms with Crippen LogP contribution in [-0.4, -0.2) is 30.9 Å². The molecule has 0 saturated carbocycles. The minimum absolute atomic E-state index is 0.103. The van der Waals surface area contributed by atoms with Crippen LogP contribution in [0.3, 0.4) is 0 Å². The Kier molecular flexibility index (Phi) is 6.91. The first kappa shape index (κ1) is 19.2. The summed E-state index contributed by atoms with van der Waals surface area (Å²) in [6.45, 7) is 3.68. The van der Waals surface area contributed by atoms with E-state index in [0.717, 1.165) is 5.69 Å². The molecule has 0 bridgehead atoms. The summed E-state index contributed by atoms with van der Waals surface area (Å²) >= 11 is 0. The molecule has 136 valence electrons. The Morgan fingerprint density at radius 2 is 1.65 bits per heavy atom. The molecule has 2 aromatic rings. The number of para-hydroxylation sites is 2. The van der Waals surface area contributed by atoms with Gasteiger partial charge in [0.05, 0.1) is 17.9 Å². The Hall–Kier alpha value is -3.15. The summed E-state index contributed by atoms with van der Waals surface area (Å²) in [6.07, 6.45) is 0.103. The van der Waals surface area contributed by atoms with Crippen molar-refractivity contribution in [2.24, 2.45) is 0 Å². The van der Waals surface area contributed by atoms with E-state index in [1.165, 1.54) is 11.8 Å². The molecule has 1 N–H and O–H groups in total. The van der Waals surface area contributed by atoms with Crippen LogP contribution in [0.5, 0.6) is 0 Å². The Balaban J connectivity index is 2.03. The summed E-state index contributed by atoms with van der Waals surface area (Å²) in [7, 11) is 0. The number of esters is 1. The van der Waals surface area contributed by atoms with E-state index < -0.39 is 5.97 Å². The van der Waals surface area contributed by atoms with Gasteiger partial charge < -0.3 is 15.0 Å². The molecule has 0 aliphatic carbocycles. The standard InChI is InChI=1S/C20H22N2O4/c1-3-26-20(25)17-11-7-8-12-18(17)21-19(24)13-14-22(15(2)23)16-9-5-4-6-10-16/h4-12H,3,13-14H2,1-2H3,(H,21,24). The topological polar surface area (TPSA) is 75.7 Å². The lowest BCUT2D eigenvalue weighted by atomic mass is 10.1. The Labute approximate surface area is 152 Å². The Bertz CT molecular complexity index is 774. The molecule has 0 aromatic heterocycles. The SMILES string of the molecule is CCOC(=O)c1ccccc1NC(=O)CCN(C(C)=O)c1ccccc1. The minimum atomic E-state index is -0.488. The average molecular weight is 354 g/mol. The quantitative estimate of drug-likeness (QED) is 0.775. The van der Waals surface area contributed by atoms with E-state index in [1.54, 1.807) is 31.2 Å². The Morgan fingerprint density at radius 3 is 2.31 bits per heavy atom. The molecule has 0 spiro atoms. The second kappa shape index (κ2) is 9.36. The first-order valence-electron chi connectivity index (χ1n) is 8.42. The second-order valence-corrected chi connectivity index (χ2v) is 5.57. The summed E-state index contributed by atoms with van der Waals surface area (Å²) in [6, 6.07) is 15.8. The first-order valence-corrected chi connectivity index (χ1v) is 8.42. The van der Waals surface area contributed by atoms with E-state index in [1.807, 2.05) is 30.3 Å². The van der Waals surface area contributed by atoms with Gasteiger partial charge in [0.15, 0.2) is 0 Å². The fraction of sp³-hybridized carbons (Fsp3) is 0.250. The van der Waals surface area contributed by atoms with E-state index in [0.29, 0.717) is 11.3 Å². The van der Waals surface area contributed by atoms with E-state index in [4.69, 9.17) is 4.74 Å². The van der Waals surface area contributed by atoms with Crippen molar-refractivity contribution in [1.82, 2.24) is 0 Å². The number of nitrogens with zero attached hydrogens (tertiary/aromatic N) is 1. The number of anilines is 2. The number of carbonyl (C=O) groups is 3. The van der Waals surface area contributed by atoms with Gasteiger partial charge in [-0.2, -0.15) is 0 Å². The maximum Gasteiger partial charge on any atom is 0.340 e. The molecule has 0 heterocycles. The predicted octanol–water partition coefficient (Wildman–Crippen LogP) is 3.25. The number of benzene rings is 2. The molecule has 0 aliphatic heterocycles. The van der Waals surface area contributed by atoms with Crippen LogP contribution in [0.15, 0.2) is 54.6 Å². The number of hydrogen-bond donors (Lipinski definition) is 1. The molecule has 2 aromatic carbocycles. The third kappa shape index (κ3) is 5.17. The van der Waals surface area contributed by atoms with Crippen LogP contribution in [0.1, 0.15) is 30.6 Å². The lowest BCUT2D eigenvalue weighted by Gasteiger charge is -2.21. The van der Waals surface area contributed by atoms with Crippen molar-refractivity contribution in [3.63, 3.8) is 0 Å². The molecule has 0 unspecified atom stereocenters. The highest BCUT2D eigenvalue weighted by molar-refractivity contribution is 6.01. The zero-order chi connectivity index (χ0) is 18.9. The van der Waals surface area contributed by atoms with Gasteiger partial charge >= 0.3 is 5.97 Å². The van der Waals surface area contributed by atoms with Crippen LogP contribution in [0.25, 0.3) is 0 Å². The lowest BCUT2D eigenvalue weighted by Crippen LogP contribution is -2.32.